The van der Waals surface area contributed by atoms with Gasteiger partial charge in [-0.05, 0) is 117 Å². The fraction of sp³-hybridized carbons (Fsp3) is 0.862. The van der Waals surface area contributed by atoms with Crippen LogP contribution >= 0.6 is 0 Å². The minimum absolute atomic E-state index is 0.0516. The van der Waals surface area contributed by atoms with Crippen molar-refractivity contribution in [3.05, 3.63) is 18.2 Å². The molecule has 0 saturated heterocycles. The lowest BCUT2D eigenvalue weighted by Crippen LogP contribution is -2.54. The maximum Gasteiger partial charge on any atom is 0.237 e. The lowest BCUT2D eigenvalue weighted by molar-refractivity contribution is -0.129. The maximum atomic E-state index is 10.3. The molecule has 1 aromatic heterocycles. The zero-order chi connectivity index (χ0) is 24.8. The summed E-state index contributed by atoms with van der Waals surface area (Å²) in [6.07, 6.45) is 13.5. The van der Waals surface area contributed by atoms with Crippen molar-refractivity contribution in [1.29, 1.82) is 0 Å². The van der Waals surface area contributed by atoms with Crippen LogP contribution in [0.1, 0.15) is 104 Å². The molecule has 1 aromatic rings. The van der Waals surface area contributed by atoms with E-state index in [9.17, 15) is 5.11 Å². The van der Waals surface area contributed by atoms with Crippen LogP contribution in [-0.4, -0.2) is 38.2 Å². The largest absolute Gasteiger partial charge is 0.490 e. The minimum Gasteiger partial charge on any atom is -0.490 e. The molecular formula is C29H46N4O2. The average molecular weight is 483 g/mol. The van der Waals surface area contributed by atoms with Crippen LogP contribution in [0.25, 0.3) is 5.76 Å². The van der Waals surface area contributed by atoms with Gasteiger partial charge in [-0.15, -0.1) is 20.4 Å². The van der Waals surface area contributed by atoms with Crippen molar-refractivity contribution in [2.45, 2.75) is 104 Å². The Bertz CT molecular complexity index is 906. The van der Waals surface area contributed by atoms with E-state index in [0.29, 0.717) is 34.9 Å². The van der Waals surface area contributed by atoms with E-state index < -0.39 is 0 Å². The maximum absolute atomic E-state index is 10.3. The summed E-state index contributed by atoms with van der Waals surface area (Å²) in [5.74, 6) is 6.35. The monoisotopic (exact) mass is 482 g/mol. The van der Waals surface area contributed by atoms with E-state index in [1.54, 1.807) is 0 Å². The van der Waals surface area contributed by atoms with Crippen LogP contribution in [0.15, 0.2) is 6.58 Å². The molecule has 1 N–H and O–H groups in total. The zero-order valence-corrected chi connectivity index (χ0v) is 22.4. The summed E-state index contributed by atoms with van der Waals surface area (Å²) in [5, 5.41) is 27.3. The SMILES string of the molecule is C=C(OCC)c1nnc(CCC(C)[C@H]2CC[C@H]3[C@@H]4CC[C@@H]5C[C@H](O)CC[C@]5(C)[C@H]4CC[C@]23C)nn1. The summed E-state index contributed by atoms with van der Waals surface area (Å²) in [6, 6.07) is 0. The molecule has 6 nitrogen and oxygen atoms in total. The molecule has 0 aromatic carbocycles. The second-order valence-electron chi connectivity index (χ2n) is 12.8. The second kappa shape index (κ2) is 9.72. The van der Waals surface area contributed by atoms with Crippen LogP contribution in [0.3, 0.4) is 0 Å². The van der Waals surface area contributed by atoms with Crippen LogP contribution in [0.5, 0.6) is 0 Å². The molecule has 0 spiro atoms. The third-order valence-corrected chi connectivity index (χ3v) is 11.3. The van der Waals surface area contributed by atoms with E-state index in [0.717, 1.165) is 61.1 Å². The lowest BCUT2D eigenvalue weighted by atomic mass is 9.44. The van der Waals surface area contributed by atoms with Gasteiger partial charge >= 0.3 is 0 Å². The van der Waals surface area contributed by atoms with Gasteiger partial charge in [-0.1, -0.05) is 27.4 Å². The summed E-state index contributed by atoms with van der Waals surface area (Å²) in [4.78, 5) is 0. The predicted octanol–water partition coefficient (Wildman–Crippen LogP) is 5.86. The molecule has 0 bridgehead atoms. The van der Waals surface area contributed by atoms with E-state index in [1.807, 2.05) is 6.92 Å². The van der Waals surface area contributed by atoms with Crippen molar-refractivity contribution >= 4 is 5.76 Å². The minimum atomic E-state index is -0.0516. The first kappa shape index (κ1) is 25.1. The number of aliphatic hydroxyl groups excluding tert-OH is 1. The summed E-state index contributed by atoms with van der Waals surface area (Å²) < 4.78 is 5.36. The van der Waals surface area contributed by atoms with Gasteiger partial charge in [-0.2, -0.15) is 0 Å². The Kier molecular flexibility index (Phi) is 6.97. The van der Waals surface area contributed by atoms with E-state index in [-0.39, 0.29) is 6.10 Å². The summed E-state index contributed by atoms with van der Waals surface area (Å²) >= 11 is 0. The van der Waals surface area contributed by atoms with Gasteiger partial charge in [0.05, 0.1) is 12.7 Å². The molecule has 4 saturated carbocycles. The van der Waals surface area contributed by atoms with Crippen LogP contribution in [0.4, 0.5) is 0 Å². The first-order valence-electron chi connectivity index (χ1n) is 14.3. The summed E-state index contributed by atoms with van der Waals surface area (Å²) in [5.41, 5.74) is 0.929. The smallest absolute Gasteiger partial charge is 0.237 e. The van der Waals surface area contributed by atoms with Crippen molar-refractivity contribution < 1.29 is 9.84 Å². The van der Waals surface area contributed by atoms with Crippen LogP contribution in [-0.2, 0) is 11.2 Å². The number of ether oxygens (including phenoxy) is 1. The molecule has 35 heavy (non-hydrogen) atoms. The summed E-state index contributed by atoms with van der Waals surface area (Å²) in [6.45, 7) is 14.0. The standard InChI is InChI=1S/C29H46N4O2/c1-6-35-19(3)27-32-30-26(31-33-27)12-7-18(2)23-10-11-24-22-9-8-20-17-21(34)13-15-28(20,4)25(22)14-16-29(23,24)5/h18,20-25,34H,3,6-17H2,1-2,4-5H3/t18?,20-,21-,22+,23-,24+,25+,28+,29-/m1/s1. The molecule has 4 aliphatic rings. The van der Waals surface area contributed by atoms with Gasteiger partial charge in [0.25, 0.3) is 0 Å². The Morgan fingerprint density at radius 2 is 1.71 bits per heavy atom. The number of aromatic nitrogens is 4. The molecule has 1 heterocycles. The number of nitrogens with zero attached hydrogens (tertiary/aromatic N) is 4. The molecule has 0 amide bonds. The van der Waals surface area contributed by atoms with Crippen molar-refractivity contribution in [2.75, 3.05) is 6.61 Å². The van der Waals surface area contributed by atoms with Gasteiger partial charge < -0.3 is 9.84 Å². The molecule has 0 aliphatic heterocycles. The average Bonchev–Trinajstić information content (AvgIpc) is 3.21. The van der Waals surface area contributed by atoms with Crippen molar-refractivity contribution in [3.8, 4) is 0 Å². The fourth-order valence-electron chi connectivity index (χ4n) is 9.47. The zero-order valence-electron chi connectivity index (χ0n) is 22.4. The highest BCUT2D eigenvalue weighted by atomic mass is 16.5. The van der Waals surface area contributed by atoms with E-state index >= 15 is 0 Å². The number of hydrogen-bond acceptors (Lipinski definition) is 6. The Morgan fingerprint density at radius 1 is 1.00 bits per heavy atom. The number of fused-ring (bicyclic) bond motifs is 5. The van der Waals surface area contributed by atoms with Gasteiger partial charge in [0.1, 0.15) is 0 Å². The van der Waals surface area contributed by atoms with Crippen LogP contribution < -0.4 is 0 Å². The van der Waals surface area contributed by atoms with E-state index in [1.165, 1.54) is 44.9 Å². The predicted molar refractivity (Wildman–Crippen MR) is 137 cm³/mol. The molecule has 1 unspecified atom stereocenters. The first-order chi connectivity index (χ1) is 16.8. The van der Waals surface area contributed by atoms with E-state index in [4.69, 9.17) is 4.74 Å². The molecule has 9 atom stereocenters. The number of aliphatic hydroxyl groups is 1. The quantitative estimate of drug-likeness (QED) is 0.490. The molecule has 6 heteroatoms. The molecule has 0 radical (unpaired) electrons. The fourth-order valence-corrected chi connectivity index (χ4v) is 9.47. The highest BCUT2D eigenvalue weighted by molar-refractivity contribution is 5.47. The van der Waals surface area contributed by atoms with Crippen molar-refractivity contribution in [3.63, 3.8) is 0 Å². The highest BCUT2D eigenvalue weighted by Crippen LogP contribution is 2.68. The Hall–Kier alpha value is -1.56. The third-order valence-electron chi connectivity index (χ3n) is 11.3. The van der Waals surface area contributed by atoms with Crippen LogP contribution in [0.2, 0.25) is 0 Å². The number of hydrogen-bond donors (Lipinski definition) is 1. The van der Waals surface area contributed by atoms with Gasteiger partial charge in [0.15, 0.2) is 11.6 Å². The van der Waals surface area contributed by atoms with Gasteiger partial charge in [-0.25, -0.2) is 0 Å². The number of rotatable bonds is 7. The molecular weight excluding hydrogens is 436 g/mol. The van der Waals surface area contributed by atoms with E-state index in [2.05, 4.69) is 47.7 Å². The Balaban J connectivity index is 1.22. The molecule has 4 aliphatic carbocycles. The second-order valence-corrected chi connectivity index (χ2v) is 12.8. The van der Waals surface area contributed by atoms with Crippen molar-refractivity contribution in [2.24, 2.45) is 46.3 Å². The van der Waals surface area contributed by atoms with Crippen LogP contribution in [0, 0.1) is 46.3 Å². The van der Waals surface area contributed by atoms with Crippen molar-refractivity contribution in [1.82, 2.24) is 20.4 Å². The molecule has 194 valence electrons. The van der Waals surface area contributed by atoms with Gasteiger partial charge in [0, 0.05) is 6.42 Å². The first-order valence-corrected chi connectivity index (χ1v) is 14.3. The Labute approximate surface area is 211 Å². The lowest BCUT2D eigenvalue weighted by Gasteiger charge is -2.61. The highest BCUT2D eigenvalue weighted by Gasteiger charge is 2.60. The molecule has 5 rings (SSSR count). The number of aryl methyl sites for hydroxylation is 1. The summed E-state index contributed by atoms with van der Waals surface area (Å²) in [7, 11) is 0. The van der Waals surface area contributed by atoms with Gasteiger partial charge in [0.2, 0.25) is 5.82 Å². The third kappa shape index (κ3) is 4.42. The topological polar surface area (TPSA) is 81.0 Å². The molecule has 4 fully saturated rings. The normalized spacial score (nSPS) is 41.4. The Morgan fingerprint density at radius 3 is 2.46 bits per heavy atom. The van der Waals surface area contributed by atoms with Gasteiger partial charge in [-0.3, -0.25) is 0 Å².